The summed E-state index contributed by atoms with van der Waals surface area (Å²) >= 11 is 9.51. The summed E-state index contributed by atoms with van der Waals surface area (Å²) in [6, 6.07) is 11.1. The van der Waals surface area contributed by atoms with Crippen LogP contribution in [0.1, 0.15) is 19.4 Å². The number of pyridine rings is 1. The minimum atomic E-state index is -10.7. The Balaban J connectivity index is 0. The number of halogens is 9. The van der Waals surface area contributed by atoms with Gasteiger partial charge in [-0.3, -0.25) is 0 Å². The average Bonchev–Trinajstić information content (AvgIpc) is 2.60. The Bertz CT molecular complexity index is 816. The van der Waals surface area contributed by atoms with Crippen LogP contribution in [0.5, 0.6) is 0 Å². The Kier molecular flexibility index (Phi) is 12.4. The zero-order valence-corrected chi connectivity index (χ0v) is 21.0. The quantitative estimate of drug-likeness (QED) is 0.0799. The summed E-state index contributed by atoms with van der Waals surface area (Å²) in [5, 5.41) is 0. The number of rotatable bonds is 3. The molecule has 0 N–H and O–H groups in total. The zero-order valence-electron chi connectivity index (χ0n) is 16.3. The predicted octanol–water partition coefficient (Wildman–Crippen LogP) is 8.11. The van der Waals surface area contributed by atoms with Crippen LogP contribution in [-0.2, 0) is 41.2 Å². The molecule has 2 rings (SSSR count). The van der Waals surface area contributed by atoms with Gasteiger partial charge in [-0.05, 0) is 31.2 Å². The third kappa shape index (κ3) is 18.6. The van der Waals surface area contributed by atoms with Crippen molar-refractivity contribution >= 4 is 37.0 Å². The third-order valence-electron chi connectivity index (χ3n) is 3.10. The molecule has 0 saturated heterocycles. The molecule has 186 valence electrons. The van der Waals surface area contributed by atoms with Gasteiger partial charge >= 0.3 is 61.5 Å². The van der Waals surface area contributed by atoms with E-state index in [1.54, 1.807) is 24.4 Å². The molecule has 0 aliphatic rings. The van der Waals surface area contributed by atoms with Crippen molar-refractivity contribution in [1.82, 2.24) is 9.88 Å². The van der Waals surface area contributed by atoms with E-state index in [4.69, 9.17) is 24.8 Å². The van der Waals surface area contributed by atoms with E-state index >= 15 is 0 Å². The number of nitrogens with zero attached hydrogens (tertiary/aromatic N) is 2. The van der Waals surface area contributed by atoms with Gasteiger partial charge in [-0.2, -0.15) is 13.2 Å². The van der Waals surface area contributed by atoms with Crippen molar-refractivity contribution in [2.45, 2.75) is 20.0 Å². The molecule has 0 radical (unpaired) electrons. The van der Waals surface area contributed by atoms with Crippen LogP contribution in [0.15, 0.2) is 42.6 Å². The summed E-state index contributed by atoms with van der Waals surface area (Å²) in [6.45, 7) is 5.95. The number of alkyl halides is 3. The normalized spacial score (nSPS) is 13.0. The van der Waals surface area contributed by atoms with Crippen LogP contribution in [0.25, 0.3) is 11.3 Å². The first-order chi connectivity index (χ1) is 13.7. The van der Waals surface area contributed by atoms with Gasteiger partial charge in [-0.25, -0.2) is 0 Å². The van der Waals surface area contributed by atoms with E-state index < -0.39 is 19.5 Å². The van der Waals surface area contributed by atoms with Crippen LogP contribution in [0.2, 0.25) is 0 Å². The minimum Gasteiger partial charge on any atom is 3.00 e. The van der Waals surface area contributed by atoms with Gasteiger partial charge in [0, 0.05) is 19.3 Å². The van der Waals surface area contributed by atoms with E-state index in [2.05, 4.69) is 11.1 Å². The summed E-state index contributed by atoms with van der Waals surface area (Å²) in [5.74, 6) is 0. The molecule has 0 bridgehead atoms. The molecule has 0 aliphatic carbocycles. The fourth-order valence-electron chi connectivity index (χ4n) is 1.76. The van der Waals surface area contributed by atoms with Crippen LogP contribution in [0.4, 0.5) is 38.4 Å². The molecule has 2 nitrogen and oxygen atoms in total. The number of hydrogen-bond donors (Lipinski definition) is 0. The number of benzene rings is 1. The molecule has 0 saturated carbocycles. The minimum absolute atomic E-state index is 0. The third-order valence-corrected chi connectivity index (χ3v) is 3.62. The molecular formula is C17H17AuF9N2PS2. The summed E-state index contributed by atoms with van der Waals surface area (Å²) in [4.78, 5) is 5.99. The van der Waals surface area contributed by atoms with Crippen molar-refractivity contribution in [3.63, 3.8) is 0 Å². The van der Waals surface area contributed by atoms with E-state index in [-0.39, 0.29) is 22.4 Å². The maximum Gasteiger partial charge on any atom is 3.00 e. The van der Waals surface area contributed by atoms with E-state index in [1.165, 1.54) is 6.07 Å². The molecule has 0 fully saturated rings. The maximum absolute atomic E-state index is 12.3. The summed E-state index contributed by atoms with van der Waals surface area (Å²) in [7, 11) is -10.7. The van der Waals surface area contributed by atoms with Gasteiger partial charge in [0.1, 0.15) is 0 Å². The van der Waals surface area contributed by atoms with E-state index in [0.29, 0.717) is 15.6 Å². The largest absolute Gasteiger partial charge is 3.00 e. The molecule has 32 heavy (non-hydrogen) atoms. The number of aromatic nitrogens is 1. The van der Waals surface area contributed by atoms with Crippen LogP contribution in [0, 0.1) is 6.07 Å². The molecule has 0 spiro atoms. The summed E-state index contributed by atoms with van der Waals surface area (Å²) < 4.78 is 96.6. The first-order valence-corrected chi connectivity index (χ1v) is 11.1. The SMILES string of the molecule is CCN(CC)C(=S)[S-].FC(F)(F)c1c[c-]c(-c2ccccn2)cc1.F[P-](F)(F)(F)(F)F.[Au+3]. The zero-order chi connectivity index (χ0) is 24.6. The van der Waals surface area contributed by atoms with Crippen molar-refractivity contribution in [1.29, 1.82) is 0 Å². The molecule has 0 aliphatic heterocycles. The van der Waals surface area contributed by atoms with Crippen LogP contribution < -0.4 is 0 Å². The molecule has 0 amide bonds. The van der Waals surface area contributed by atoms with Crippen molar-refractivity contribution in [2.75, 3.05) is 13.1 Å². The summed E-state index contributed by atoms with van der Waals surface area (Å²) in [6.07, 6.45) is -2.74. The van der Waals surface area contributed by atoms with Crippen LogP contribution in [0.3, 0.4) is 0 Å². The first kappa shape index (κ1) is 33.2. The molecule has 2 aromatic rings. The van der Waals surface area contributed by atoms with Gasteiger partial charge in [0.2, 0.25) is 0 Å². The molecule has 0 atom stereocenters. The van der Waals surface area contributed by atoms with Gasteiger partial charge in [0.25, 0.3) is 0 Å². The smallest absolute Gasteiger partial charge is 3.00 e. The fraction of sp³-hybridized carbons (Fsp3) is 0.294. The maximum atomic E-state index is 12.3. The van der Waals surface area contributed by atoms with E-state index in [9.17, 15) is 38.4 Å². The Hall–Kier alpha value is -0.980. The van der Waals surface area contributed by atoms with Crippen molar-refractivity contribution in [3.8, 4) is 11.3 Å². The number of hydrogen-bond acceptors (Lipinski definition) is 3. The number of thiocarbonyl (C=S) groups is 1. The predicted molar refractivity (Wildman–Crippen MR) is 110 cm³/mol. The molecule has 1 heterocycles. The van der Waals surface area contributed by atoms with Gasteiger partial charge in [-0.15, -0.1) is 29.8 Å². The van der Waals surface area contributed by atoms with E-state index in [1.807, 2.05) is 18.7 Å². The topological polar surface area (TPSA) is 16.1 Å². The van der Waals surface area contributed by atoms with Gasteiger partial charge in [-0.1, -0.05) is 16.5 Å². The molecule has 15 heteroatoms. The Labute approximate surface area is 205 Å². The van der Waals surface area contributed by atoms with Crippen molar-refractivity contribution in [2.24, 2.45) is 0 Å². The Morgan fingerprint density at radius 1 is 1.03 bits per heavy atom. The van der Waals surface area contributed by atoms with Crippen molar-refractivity contribution < 1.29 is 60.7 Å². The molecule has 1 aromatic carbocycles. The van der Waals surface area contributed by atoms with Gasteiger partial charge in [0.15, 0.2) is 0 Å². The first-order valence-electron chi connectivity index (χ1n) is 8.27. The van der Waals surface area contributed by atoms with Gasteiger partial charge in [0.05, 0.1) is 0 Å². The average molecular weight is 712 g/mol. The van der Waals surface area contributed by atoms with Crippen LogP contribution in [-0.4, -0.2) is 27.3 Å². The monoisotopic (exact) mass is 712 g/mol. The second-order valence-corrected chi connectivity index (χ2v) is 8.55. The fourth-order valence-corrected chi connectivity index (χ4v) is 2.28. The Morgan fingerprint density at radius 2 is 1.53 bits per heavy atom. The second-order valence-electron chi connectivity index (χ2n) is 5.60. The van der Waals surface area contributed by atoms with Gasteiger partial charge < -0.3 is 34.7 Å². The second kappa shape index (κ2) is 11.9. The van der Waals surface area contributed by atoms with Crippen molar-refractivity contribution in [3.05, 3.63) is 54.2 Å². The molecule has 0 unspecified atom stereocenters. The molecular weight excluding hydrogens is 695 g/mol. The van der Waals surface area contributed by atoms with Crippen LogP contribution >= 0.6 is 20.0 Å². The Morgan fingerprint density at radius 3 is 1.78 bits per heavy atom. The molecule has 1 aromatic heterocycles. The van der Waals surface area contributed by atoms with E-state index in [0.717, 1.165) is 25.2 Å². The standard InChI is InChI=1S/C12H7F3N.C5H11NS2.Au.F6P/c13-12(14,15)10-6-4-9(5-7-10)11-3-1-2-8-16-11;1-3-6(4-2)5(7)8;;1-7(2,3,4,5)6/h1-4,6-8H;3-4H2,1-2H3,(H,7,8);;/q-1;;+3;-1/p-1. The summed E-state index contributed by atoms with van der Waals surface area (Å²) in [5.41, 5.74) is 0.456.